The first-order valence-electron chi connectivity index (χ1n) is 15.3. The van der Waals surface area contributed by atoms with Crippen molar-refractivity contribution >= 4 is 29.5 Å². The summed E-state index contributed by atoms with van der Waals surface area (Å²) in [6.07, 6.45) is 6.76. The molecule has 4 rings (SSSR count). The molecule has 41 heavy (non-hydrogen) atoms. The number of carbonyl (C=O) groups excluding carboxylic acids is 2. The number of Topliss-reactive ketones (excluding diaryl/α,β-unsaturated/α-hetero) is 1. The molecule has 0 aliphatic heterocycles. The molecule has 0 radical (unpaired) electrons. The molecule has 2 bridgehead atoms. The topological polar surface area (TPSA) is 147 Å². The monoisotopic (exact) mass is 595 g/mol. The van der Waals surface area contributed by atoms with Crippen LogP contribution in [0.4, 0.5) is 0 Å². The van der Waals surface area contributed by atoms with Crippen LogP contribution in [0, 0.1) is 39.9 Å². The number of esters is 1. The summed E-state index contributed by atoms with van der Waals surface area (Å²) in [6, 6.07) is 0.0432. The van der Waals surface area contributed by atoms with E-state index in [1.54, 1.807) is 0 Å². The molecule has 4 fully saturated rings. The van der Waals surface area contributed by atoms with Gasteiger partial charge in [-0.1, -0.05) is 40.7 Å². The van der Waals surface area contributed by atoms with E-state index in [1.807, 2.05) is 0 Å². The number of ketones is 1. The second kappa shape index (κ2) is 13.1. The van der Waals surface area contributed by atoms with Crippen molar-refractivity contribution in [1.82, 2.24) is 0 Å². The normalized spacial score (nSPS) is 44.8. The van der Waals surface area contributed by atoms with Gasteiger partial charge in [0.1, 0.15) is 18.0 Å². The lowest BCUT2D eigenvalue weighted by Gasteiger charge is -2.62. The van der Waals surface area contributed by atoms with E-state index in [4.69, 9.17) is 20.7 Å². The number of aliphatic carboxylic acids is 1. The predicted molar refractivity (Wildman–Crippen MR) is 161 cm³/mol. The molecule has 3 unspecified atom stereocenters. The van der Waals surface area contributed by atoms with Crippen LogP contribution in [0.3, 0.4) is 0 Å². The summed E-state index contributed by atoms with van der Waals surface area (Å²) in [5, 5.41) is 26.2. The highest BCUT2D eigenvalue weighted by Crippen LogP contribution is 2.69. The van der Waals surface area contributed by atoms with E-state index < -0.39 is 18.2 Å². The van der Waals surface area contributed by atoms with Gasteiger partial charge in [0, 0.05) is 29.0 Å². The van der Waals surface area contributed by atoms with Crippen molar-refractivity contribution in [2.75, 3.05) is 5.75 Å². The van der Waals surface area contributed by atoms with Crippen LogP contribution >= 0.6 is 11.8 Å². The number of aliphatic hydroxyl groups is 2. The van der Waals surface area contributed by atoms with Gasteiger partial charge >= 0.3 is 11.9 Å². The summed E-state index contributed by atoms with van der Waals surface area (Å²) < 4.78 is 6.40. The number of rotatable bonds is 6. The lowest BCUT2D eigenvalue weighted by atomic mass is 9.42. The molecule has 0 spiro atoms. The molecule has 0 heterocycles. The lowest BCUT2D eigenvalue weighted by Crippen LogP contribution is -2.61. The van der Waals surface area contributed by atoms with E-state index in [0.717, 1.165) is 32.1 Å². The van der Waals surface area contributed by atoms with Crippen molar-refractivity contribution in [1.29, 1.82) is 0 Å². The molecule has 0 saturated heterocycles. The smallest absolute Gasteiger partial charge is 0.332 e. The highest BCUT2D eigenvalue weighted by atomic mass is 32.2. The Kier molecular flexibility index (Phi) is 10.9. The number of carbonyl (C=O) groups is 3. The second-order valence-corrected chi connectivity index (χ2v) is 15.1. The Morgan fingerprint density at radius 1 is 1.17 bits per heavy atom. The first-order chi connectivity index (χ1) is 19.0. The Morgan fingerprint density at radius 2 is 1.80 bits per heavy atom. The van der Waals surface area contributed by atoms with Crippen LogP contribution in [0.2, 0.25) is 0 Å². The molecule has 9 heteroatoms. The first-order valence-corrected chi connectivity index (χ1v) is 16.4. The molecule has 4 aliphatic rings. The van der Waals surface area contributed by atoms with Crippen LogP contribution in [-0.4, -0.2) is 68.4 Å². The maximum Gasteiger partial charge on any atom is 0.332 e. The predicted octanol–water partition coefficient (Wildman–Crippen LogP) is 4.59. The van der Waals surface area contributed by atoms with Crippen molar-refractivity contribution in [2.24, 2.45) is 45.7 Å². The van der Waals surface area contributed by atoms with Crippen LogP contribution in [0.5, 0.6) is 0 Å². The van der Waals surface area contributed by atoms with Gasteiger partial charge in [-0.2, -0.15) is 0 Å². The summed E-state index contributed by atoms with van der Waals surface area (Å²) in [7, 11) is 0. The molecule has 4 saturated carbocycles. The Labute approximate surface area is 250 Å². The highest BCUT2D eigenvalue weighted by molar-refractivity contribution is 8.00. The summed E-state index contributed by atoms with van der Waals surface area (Å²) in [6.45, 7) is 16.8. The molecule has 4 aliphatic carbocycles. The van der Waals surface area contributed by atoms with Crippen molar-refractivity contribution in [3.8, 4) is 0 Å². The van der Waals surface area contributed by atoms with Crippen LogP contribution < -0.4 is 5.73 Å². The van der Waals surface area contributed by atoms with Crippen LogP contribution in [0.15, 0.2) is 12.7 Å². The second-order valence-electron chi connectivity index (χ2n) is 13.9. The molecule has 0 amide bonds. The largest absolute Gasteiger partial charge is 0.479 e. The van der Waals surface area contributed by atoms with Gasteiger partial charge in [-0.05, 0) is 80.5 Å². The Balaban J connectivity index is 0.000000696. The SMILES string of the molecule is C=C[C@]1(C)C[C@@H](OC(=O)CS[C@@H]2CC[C@@H](N)C[C@H]2O)[C@]2(C)C(C)CCC3(CCC(=O)[C@H]32)[C@@H](C)[C@@H]1C.CC(O)C(=O)O. The molecule has 0 aromatic heterocycles. The van der Waals surface area contributed by atoms with Crippen molar-refractivity contribution in [2.45, 2.75) is 123 Å². The van der Waals surface area contributed by atoms with Crippen molar-refractivity contribution < 1.29 is 34.4 Å². The zero-order valence-corrected chi connectivity index (χ0v) is 26.6. The zero-order chi connectivity index (χ0) is 30.9. The Bertz CT molecular complexity index is 989. The average molecular weight is 596 g/mol. The third kappa shape index (κ3) is 6.58. The van der Waals surface area contributed by atoms with Gasteiger partial charge in [-0.25, -0.2) is 4.79 Å². The number of carboxylic acids is 1. The number of aliphatic hydroxyl groups excluding tert-OH is 2. The standard InChI is InChI=1S/C29H47NO4S.C3H6O3/c1-7-27(5)15-24(34-25(33)16-35-23-9-8-20(30)14-22(23)32)28(6)17(2)10-12-29(19(4)18(27)3)13-11-21(31)26(28)29;1-2(4)3(5)6/h7,17-20,22-24,26,32H,1,8-16,30H2,2-6H3;2,4H,1H3,(H,5,6)/t17?,18-,19-,20+,22+,23+,24+,26-,27+,28-,29?;/m0./s1. The van der Waals surface area contributed by atoms with E-state index >= 15 is 0 Å². The number of thioether (sulfide) groups is 1. The number of ether oxygens (including phenoxy) is 1. The van der Waals surface area contributed by atoms with E-state index in [9.17, 15) is 19.5 Å². The third-order valence-electron chi connectivity index (χ3n) is 11.8. The van der Waals surface area contributed by atoms with Gasteiger partial charge < -0.3 is 25.8 Å². The molecule has 0 aromatic rings. The van der Waals surface area contributed by atoms with Crippen molar-refractivity contribution in [3.05, 3.63) is 12.7 Å². The number of nitrogens with two attached hydrogens (primary N) is 1. The molecule has 12 atom stereocenters. The van der Waals surface area contributed by atoms with Gasteiger partial charge in [0.25, 0.3) is 0 Å². The quantitative estimate of drug-likeness (QED) is 0.256. The molecular weight excluding hydrogens is 542 g/mol. The summed E-state index contributed by atoms with van der Waals surface area (Å²) in [5.74, 6) is 0.154. The maximum atomic E-state index is 13.5. The first kappa shape index (κ1) is 34.1. The number of carboxylic acid groups (broad SMARTS) is 1. The Hall–Kier alpha value is -1.42. The van der Waals surface area contributed by atoms with Gasteiger partial charge in [0.05, 0.1) is 11.9 Å². The van der Waals surface area contributed by atoms with E-state index in [-0.39, 0.29) is 51.3 Å². The van der Waals surface area contributed by atoms with Crippen LogP contribution in [0.25, 0.3) is 0 Å². The number of hydrogen-bond acceptors (Lipinski definition) is 8. The maximum absolute atomic E-state index is 13.5. The van der Waals surface area contributed by atoms with Gasteiger partial charge in [0.15, 0.2) is 0 Å². The number of hydrogen-bond donors (Lipinski definition) is 4. The zero-order valence-electron chi connectivity index (χ0n) is 25.8. The molecule has 234 valence electrons. The minimum Gasteiger partial charge on any atom is -0.479 e. The van der Waals surface area contributed by atoms with Crippen LogP contribution in [-0.2, 0) is 19.1 Å². The summed E-state index contributed by atoms with van der Waals surface area (Å²) in [4.78, 5) is 36.3. The van der Waals surface area contributed by atoms with Gasteiger partial charge in [0.2, 0.25) is 0 Å². The minimum absolute atomic E-state index is 0.0206. The van der Waals surface area contributed by atoms with E-state index in [0.29, 0.717) is 42.8 Å². The number of allylic oxidation sites excluding steroid dienone is 1. The van der Waals surface area contributed by atoms with E-state index in [1.165, 1.54) is 18.7 Å². The molecular formula is C32H53NO7S. The van der Waals surface area contributed by atoms with Gasteiger partial charge in [-0.15, -0.1) is 18.3 Å². The minimum atomic E-state index is -1.23. The molecule has 8 nitrogen and oxygen atoms in total. The lowest BCUT2D eigenvalue weighted by molar-refractivity contribution is -0.196. The fourth-order valence-electron chi connectivity index (χ4n) is 8.53. The van der Waals surface area contributed by atoms with Crippen molar-refractivity contribution in [3.63, 3.8) is 0 Å². The highest BCUT2D eigenvalue weighted by Gasteiger charge is 2.67. The van der Waals surface area contributed by atoms with Crippen LogP contribution in [0.1, 0.15) is 92.9 Å². The fraction of sp³-hybridized carbons (Fsp3) is 0.844. The van der Waals surface area contributed by atoms with Gasteiger partial charge in [-0.3, -0.25) is 9.59 Å². The molecule has 0 aromatic carbocycles. The summed E-state index contributed by atoms with van der Waals surface area (Å²) >= 11 is 1.49. The third-order valence-corrected chi connectivity index (χ3v) is 13.2. The Morgan fingerprint density at radius 3 is 2.37 bits per heavy atom. The average Bonchev–Trinajstić information content (AvgIpc) is 3.27. The molecule has 5 N–H and O–H groups in total. The van der Waals surface area contributed by atoms with E-state index in [2.05, 4.69) is 47.3 Å². The fourth-order valence-corrected chi connectivity index (χ4v) is 9.58. The summed E-state index contributed by atoms with van der Waals surface area (Å²) in [5.41, 5.74) is 5.39.